The van der Waals surface area contributed by atoms with E-state index in [0.717, 1.165) is 12.1 Å². The van der Waals surface area contributed by atoms with Gasteiger partial charge in [-0.15, -0.1) is 0 Å². The minimum atomic E-state index is -3.37. The second-order valence-corrected chi connectivity index (χ2v) is 9.54. The zero-order chi connectivity index (χ0) is 15.8. The minimum absolute atomic E-state index is 0.107. The molecule has 5 rings (SSSR count). The molecule has 4 aliphatic rings. The molecule has 122 valence electrons. The lowest BCUT2D eigenvalue weighted by Crippen LogP contribution is -2.37. The molecule has 0 amide bonds. The smallest absolute Gasteiger partial charge is 0.243 e. The van der Waals surface area contributed by atoms with Gasteiger partial charge in [-0.05, 0) is 38.3 Å². The molecule has 0 radical (unpaired) electrons. The van der Waals surface area contributed by atoms with Gasteiger partial charge in [-0.25, -0.2) is 8.42 Å². The van der Waals surface area contributed by atoms with Crippen molar-refractivity contribution < 1.29 is 8.42 Å². The van der Waals surface area contributed by atoms with Crippen molar-refractivity contribution in [3.8, 4) is 0 Å². The summed E-state index contributed by atoms with van der Waals surface area (Å²) in [5.41, 5.74) is 2.76. The van der Waals surface area contributed by atoms with Crippen LogP contribution in [0.1, 0.15) is 24.8 Å². The molecule has 3 aliphatic heterocycles. The quantitative estimate of drug-likeness (QED) is 0.616. The van der Waals surface area contributed by atoms with Crippen LogP contribution in [0.25, 0.3) is 0 Å². The Balaban J connectivity index is 1.47. The van der Waals surface area contributed by atoms with Crippen LogP contribution >= 0.6 is 0 Å². The van der Waals surface area contributed by atoms with E-state index in [4.69, 9.17) is 0 Å². The van der Waals surface area contributed by atoms with E-state index in [1.165, 1.54) is 19.3 Å². The standard InChI is InChI=1S/C18H22N2O2S/c1-13-5-7-16(8-6-13)23(21,22)19-10-15-9-14-3-2-4-17(14)20-12-18(15,20)11-19/h5-9,15,17H,2-4,10-12H2,1H3/t15-,17-,18+,20?/m0/s1. The predicted octanol–water partition coefficient (Wildman–Crippen LogP) is 2.16. The summed E-state index contributed by atoms with van der Waals surface area (Å²) >= 11 is 0. The second-order valence-electron chi connectivity index (χ2n) is 7.60. The molecule has 5 heteroatoms. The van der Waals surface area contributed by atoms with E-state index in [1.807, 2.05) is 19.1 Å². The van der Waals surface area contributed by atoms with Crippen molar-refractivity contribution in [3.05, 3.63) is 41.5 Å². The molecular formula is C18H22N2O2S. The number of hydrogen-bond donors (Lipinski definition) is 0. The molecule has 1 unspecified atom stereocenters. The van der Waals surface area contributed by atoms with Crippen LogP contribution in [0.15, 0.2) is 40.8 Å². The average Bonchev–Trinajstić information content (AvgIpc) is 2.90. The third-order valence-electron chi connectivity index (χ3n) is 6.27. The van der Waals surface area contributed by atoms with Gasteiger partial charge in [0.05, 0.1) is 10.4 Å². The van der Waals surface area contributed by atoms with Crippen LogP contribution in [-0.4, -0.2) is 48.8 Å². The summed E-state index contributed by atoms with van der Waals surface area (Å²) in [4.78, 5) is 3.00. The lowest BCUT2D eigenvalue weighted by molar-refractivity contribution is 0.310. The van der Waals surface area contributed by atoms with Crippen LogP contribution in [0.4, 0.5) is 0 Å². The highest BCUT2D eigenvalue weighted by Crippen LogP contribution is 2.55. The molecule has 1 aromatic carbocycles. The fourth-order valence-electron chi connectivity index (χ4n) is 4.94. The summed E-state index contributed by atoms with van der Waals surface area (Å²) in [7, 11) is -3.37. The van der Waals surface area contributed by atoms with Gasteiger partial charge in [0.15, 0.2) is 0 Å². The fourth-order valence-corrected chi connectivity index (χ4v) is 6.47. The number of aryl methyl sites for hydroxylation is 1. The third-order valence-corrected chi connectivity index (χ3v) is 8.10. The fraction of sp³-hybridized carbons (Fsp3) is 0.556. The molecular weight excluding hydrogens is 308 g/mol. The maximum absolute atomic E-state index is 13.0. The number of nitrogens with zero attached hydrogens (tertiary/aromatic N) is 2. The van der Waals surface area contributed by atoms with Crippen molar-refractivity contribution >= 4 is 10.0 Å². The highest BCUT2D eigenvalue weighted by molar-refractivity contribution is 7.89. The van der Waals surface area contributed by atoms with Gasteiger partial charge in [0.25, 0.3) is 0 Å². The SMILES string of the molecule is Cc1ccc(S(=O)(=O)N2C[C@@H]3C=C4CCC[C@@H]4N4C[C@]34C2)cc1. The van der Waals surface area contributed by atoms with Crippen molar-refractivity contribution in [1.29, 1.82) is 0 Å². The van der Waals surface area contributed by atoms with E-state index in [1.54, 1.807) is 22.0 Å². The van der Waals surface area contributed by atoms with E-state index >= 15 is 0 Å². The van der Waals surface area contributed by atoms with Crippen molar-refractivity contribution in [3.63, 3.8) is 0 Å². The first-order valence-electron chi connectivity index (χ1n) is 8.55. The van der Waals surface area contributed by atoms with Crippen molar-refractivity contribution in [2.75, 3.05) is 19.6 Å². The van der Waals surface area contributed by atoms with E-state index in [9.17, 15) is 8.42 Å². The van der Waals surface area contributed by atoms with Crippen LogP contribution in [0.2, 0.25) is 0 Å². The number of rotatable bonds is 2. The summed E-state index contributed by atoms with van der Waals surface area (Å²) < 4.78 is 27.7. The van der Waals surface area contributed by atoms with E-state index in [0.29, 0.717) is 29.9 Å². The van der Waals surface area contributed by atoms with E-state index in [2.05, 4.69) is 11.0 Å². The maximum atomic E-state index is 13.0. The molecule has 1 aromatic rings. The number of sulfonamides is 1. The van der Waals surface area contributed by atoms with E-state index < -0.39 is 10.0 Å². The number of fused-ring (bicyclic) bond motifs is 2. The van der Waals surface area contributed by atoms with Gasteiger partial charge >= 0.3 is 0 Å². The van der Waals surface area contributed by atoms with Crippen LogP contribution in [0, 0.1) is 12.8 Å². The van der Waals surface area contributed by atoms with Gasteiger partial charge in [0.2, 0.25) is 10.0 Å². The van der Waals surface area contributed by atoms with Crippen LogP contribution in [-0.2, 0) is 10.0 Å². The Labute approximate surface area is 137 Å². The Bertz CT molecular complexity index is 799. The van der Waals surface area contributed by atoms with Gasteiger partial charge in [0, 0.05) is 31.6 Å². The van der Waals surface area contributed by atoms with Gasteiger partial charge in [0.1, 0.15) is 0 Å². The van der Waals surface area contributed by atoms with Crippen LogP contribution in [0.5, 0.6) is 0 Å². The Hall–Kier alpha value is -1.17. The van der Waals surface area contributed by atoms with Gasteiger partial charge < -0.3 is 0 Å². The van der Waals surface area contributed by atoms with Gasteiger partial charge in [-0.3, -0.25) is 4.90 Å². The summed E-state index contributed by atoms with van der Waals surface area (Å²) in [6.45, 7) is 4.35. The molecule has 0 bridgehead atoms. The highest BCUT2D eigenvalue weighted by Gasteiger charge is 2.67. The molecule has 23 heavy (non-hydrogen) atoms. The average molecular weight is 330 g/mol. The molecule has 3 heterocycles. The summed E-state index contributed by atoms with van der Waals surface area (Å²) in [5, 5.41) is 0. The Kier molecular flexibility index (Phi) is 2.76. The van der Waals surface area contributed by atoms with Gasteiger partial charge in [-0.2, -0.15) is 4.31 Å². The largest absolute Gasteiger partial charge is 0.286 e. The normalized spacial score (nSPS) is 38.7. The summed E-state index contributed by atoms with van der Waals surface area (Å²) in [6, 6.07) is 7.84. The predicted molar refractivity (Wildman–Crippen MR) is 88.6 cm³/mol. The first-order chi connectivity index (χ1) is 11.0. The highest BCUT2D eigenvalue weighted by atomic mass is 32.2. The summed E-state index contributed by atoms with van der Waals surface area (Å²) in [5.74, 6) is 0.382. The molecule has 4 atom stereocenters. The third kappa shape index (κ3) is 1.87. The van der Waals surface area contributed by atoms with Crippen molar-refractivity contribution in [1.82, 2.24) is 9.21 Å². The Morgan fingerprint density at radius 1 is 1.17 bits per heavy atom. The number of benzene rings is 1. The van der Waals surface area contributed by atoms with Gasteiger partial charge in [-0.1, -0.05) is 29.3 Å². The van der Waals surface area contributed by atoms with Crippen molar-refractivity contribution in [2.45, 2.75) is 42.7 Å². The lowest BCUT2D eigenvalue weighted by atomic mass is 9.89. The topological polar surface area (TPSA) is 40.4 Å². The molecule has 0 aromatic heterocycles. The minimum Gasteiger partial charge on any atom is -0.286 e. The molecule has 1 saturated carbocycles. The Morgan fingerprint density at radius 3 is 2.74 bits per heavy atom. The Morgan fingerprint density at radius 2 is 1.96 bits per heavy atom. The first-order valence-corrected chi connectivity index (χ1v) is 9.99. The number of hydrogen-bond acceptors (Lipinski definition) is 3. The van der Waals surface area contributed by atoms with E-state index in [-0.39, 0.29) is 5.54 Å². The zero-order valence-electron chi connectivity index (χ0n) is 13.4. The second kappa shape index (κ2) is 4.47. The van der Waals surface area contributed by atoms with Crippen LogP contribution < -0.4 is 0 Å². The molecule has 1 aliphatic carbocycles. The molecule has 4 nitrogen and oxygen atoms in total. The summed E-state index contributed by atoms with van der Waals surface area (Å²) in [6.07, 6.45) is 6.18. The zero-order valence-corrected chi connectivity index (χ0v) is 14.2. The first kappa shape index (κ1) is 14.2. The molecule has 1 spiro atoms. The van der Waals surface area contributed by atoms with Crippen LogP contribution in [0.3, 0.4) is 0 Å². The molecule has 3 fully saturated rings. The molecule has 2 saturated heterocycles. The molecule has 0 N–H and O–H groups in total. The maximum Gasteiger partial charge on any atom is 0.243 e. The van der Waals surface area contributed by atoms with Crippen molar-refractivity contribution in [2.24, 2.45) is 5.92 Å². The lowest BCUT2D eigenvalue weighted by Gasteiger charge is -2.28. The monoisotopic (exact) mass is 330 g/mol.